The van der Waals surface area contributed by atoms with E-state index in [1.807, 2.05) is 42.5 Å². The van der Waals surface area contributed by atoms with Gasteiger partial charge < -0.3 is 5.32 Å². The number of anilines is 1. The lowest BCUT2D eigenvalue weighted by atomic mass is 10.1. The number of amides is 1. The molecular weight excluding hydrogens is 382 g/mol. The highest BCUT2D eigenvalue weighted by Crippen LogP contribution is 2.32. The molecule has 1 aromatic heterocycles. The number of rotatable bonds is 5. The summed E-state index contributed by atoms with van der Waals surface area (Å²) in [5.74, 6) is 1.32. The number of carbonyl (C=O) groups is 1. The molecule has 7 heteroatoms. The number of nitrogens with zero attached hydrogens (tertiary/aromatic N) is 2. The van der Waals surface area contributed by atoms with Crippen LogP contribution in [0.25, 0.3) is 5.69 Å². The van der Waals surface area contributed by atoms with Crippen LogP contribution in [0.2, 0.25) is 5.02 Å². The predicted octanol–water partition coefficient (Wildman–Crippen LogP) is 3.86. The van der Waals surface area contributed by atoms with Gasteiger partial charge in [-0.25, -0.2) is 4.68 Å². The predicted molar refractivity (Wildman–Crippen MR) is 108 cm³/mol. The maximum atomic E-state index is 12.6. The summed E-state index contributed by atoms with van der Waals surface area (Å²) in [6.45, 7) is 0. The van der Waals surface area contributed by atoms with Gasteiger partial charge in [0.15, 0.2) is 0 Å². The first-order chi connectivity index (χ1) is 13.1. The van der Waals surface area contributed by atoms with E-state index in [1.54, 1.807) is 16.8 Å². The monoisotopic (exact) mass is 399 g/mol. The summed E-state index contributed by atoms with van der Waals surface area (Å²) < 4.78 is 13.6. The van der Waals surface area contributed by atoms with Crippen molar-refractivity contribution in [3.63, 3.8) is 0 Å². The van der Waals surface area contributed by atoms with E-state index in [0.717, 1.165) is 22.5 Å². The van der Waals surface area contributed by atoms with Crippen molar-refractivity contribution in [1.82, 2.24) is 9.78 Å². The number of nitrogens with one attached hydrogen (secondary N) is 1. The van der Waals surface area contributed by atoms with Gasteiger partial charge in [0.2, 0.25) is 5.91 Å². The number of carbonyl (C=O) groups excluding carboxylic acids is 1. The van der Waals surface area contributed by atoms with Crippen LogP contribution in [-0.2, 0) is 33.5 Å². The SMILES string of the molecule is O=C(CCc1ccccc1)Nc1c2c(nn1-c1cccc(Cl)c1)C[S@@](=O)C2. The van der Waals surface area contributed by atoms with E-state index in [1.165, 1.54) is 0 Å². The Labute approximate surface area is 164 Å². The first-order valence-electron chi connectivity index (χ1n) is 8.65. The van der Waals surface area contributed by atoms with Crippen LogP contribution in [0.3, 0.4) is 0 Å². The molecule has 1 N–H and O–H groups in total. The zero-order chi connectivity index (χ0) is 18.8. The standard InChI is InChI=1S/C20H18ClN3O2S/c21-15-7-4-8-16(11-15)24-20(17-12-27(26)13-18(17)23-24)22-19(25)10-9-14-5-2-1-3-6-14/h1-8,11H,9-10,12-13H2,(H,22,25)/t27-/m0/s1. The van der Waals surface area contributed by atoms with Gasteiger partial charge in [-0.05, 0) is 30.2 Å². The molecule has 1 atom stereocenters. The molecule has 0 spiro atoms. The molecule has 3 aromatic rings. The lowest BCUT2D eigenvalue weighted by Crippen LogP contribution is -2.17. The van der Waals surface area contributed by atoms with E-state index in [0.29, 0.717) is 35.2 Å². The van der Waals surface area contributed by atoms with E-state index >= 15 is 0 Å². The molecule has 1 aliphatic rings. The van der Waals surface area contributed by atoms with Crippen molar-refractivity contribution < 1.29 is 9.00 Å². The molecule has 0 unspecified atom stereocenters. The quantitative estimate of drug-likeness (QED) is 0.708. The Morgan fingerprint density at radius 3 is 2.74 bits per heavy atom. The molecule has 2 aromatic carbocycles. The van der Waals surface area contributed by atoms with Crippen molar-refractivity contribution in [2.75, 3.05) is 5.32 Å². The fourth-order valence-electron chi connectivity index (χ4n) is 3.15. The zero-order valence-corrected chi connectivity index (χ0v) is 16.1. The highest BCUT2D eigenvalue weighted by Gasteiger charge is 2.28. The van der Waals surface area contributed by atoms with Gasteiger partial charge in [0.05, 0.1) is 22.9 Å². The number of benzene rings is 2. The highest BCUT2D eigenvalue weighted by molar-refractivity contribution is 7.83. The van der Waals surface area contributed by atoms with E-state index < -0.39 is 10.8 Å². The van der Waals surface area contributed by atoms with Crippen LogP contribution >= 0.6 is 11.6 Å². The van der Waals surface area contributed by atoms with Gasteiger partial charge in [-0.1, -0.05) is 48.0 Å². The average Bonchev–Trinajstić information content (AvgIpc) is 3.18. The molecule has 0 saturated carbocycles. The lowest BCUT2D eigenvalue weighted by Gasteiger charge is -2.11. The van der Waals surface area contributed by atoms with E-state index in [9.17, 15) is 9.00 Å². The second kappa shape index (κ2) is 7.66. The van der Waals surface area contributed by atoms with Gasteiger partial charge in [-0.3, -0.25) is 9.00 Å². The summed E-state index contributed by atoms with van der Waals surface area (Å²) in [4.78, 5) is 12.6. The fraction of sp³-hybridized carbons (Fsp3) is 0.200. The summed E-state index contributed by atoms with van der Waals surface area (Å²) in [7, 11) is -0.969. The smallest absolute Gasteiger partial charge is 0.225 e. The number of hydrogen-bond acceptors (Lipinski definition) is 3. The lowest BCUT2D eigenvalue weighted by molar-refractivity contribution is -0.116. The van der Waals surface area contributed by atoms with Crippen molar-refractivity contribution >= 4 is 34.1 Å². The van der Waals surface area contributed by atoms with Crippen molar-refractivity contribution in [1.29, 1.82) is 0 Å². The van der Waals surface area contributed by atoms with Gasteiger partial charge in [0, 0.05) is 27.8 Å². The molecular formula is C20H18ClN3O2S. The minimum Gasteiger partial charge on any atom is -0.310 e. The third-order valence-corrected chi connectivity index (χ3v) is 5.91. The molecule has 0 bridgehead atoms. The summed E-state index contributed by atoms with van der Waals surface area (Å²) in [5.41, 5.74) is 3.50. The molecule has 0 saturated heterocycles. The summed E-state index contributed by atoms with van der Waals surface area (Å²) >= 11 is 6.11. The second-order valence-electron chi connectivity index (χ2n) is 6.43. The Bertz CT molecular complexity index is 1020. The Morgan fingerprint density at radius 1 is 1.15 bits per heavy atom. The molecule has 1 amide bonds. The van der Waals surface area contributed by atoms with Crippen molar-refractivity contribution in [3.8, 4) is 5.69 Å². The van der Waals surface area contributed by atoms with Gasteiger partial charge in [-0.15, -0.1) is 0 Å². The maximum absolute atomic E-state index is 12.6. The Balaban J connectivity index is 1.59. The largest absolute Gasteiger partial charge is 0.310 e. The van der Waals surface area contributed by atoms with E-state index in [4.69, 9.17) is 11.6 Å². The van der Waals surface area contributed by atoms with Crippen LogP contribution in [0.4, 0.5) is 5.82 Å². The summed E-state index contributed by atoms with van der Waals surface area (Å²) in [6, 6.07) is 17.2. The molecule has 5 nitrogen and oxygen atoms in total. The van der Waals surface area contributed by atoms with Gasteiger partial charge in [0.25, 0.3) is 0 Å². The number of fused-ring (bicyclic) bond motifs is 1. The number of halogens is 1. The van der Waals surface area contributed by atoms with Crippen LogP contribution in [0, 0.1) is 0 Å². The molecule has 27 heavy (non-hydrogen) atoms. The van der Waals surface area contributed by atoms with Crippen LogP contribution in [-0.4, -0.2) is 19.9 Å². The molecule has 0 fully saturated rings. The minimum absolute atomic E-state index is 0.0949. The van der Waals surface area contributed by atoms with Gasteiger partial charge >= 0.3 is 0 Å². The summed E-state index contributed by atoms with van der Waals surface area (Å²) in [6.07, 6.45) is 1.02. The summed E-state index contributed by atoms with van der Waals surface area (Å²) in [5, 5.41) is 8.15. The number of aromatic nitrogens is 2. The van der Waals surface area contributed by atoms with E-state index in [-0.39, 0.29) is 5.91 Å². The third kappa shape index (κ3) is 3.96. The topological polar surface area (TPSA) is 64.0 Å². The minimum atomic E-state index is -0.969. The molecule has 2 heterocycles. The molecule has 0 radical (unpaired) electrons. The molecule has 138 valence electrons. The number of aryl methyl sites for hydroxylation is 1. The molecule has 0 aliphatic carbocycles. The Kier molecular flexibility index (Phi) is 5.09. The normalized spacial score (nSPS) is 15.5. The van der Waals surface area contributed by atoms with E-state index in [2.05, 4.69) is 10.4 Å². The molecule has 1 aliphatic heterocycles. The van der Waals surface area contributed by atoms with Gasteiger partial charge in [-0.2, -0.15) is 5.10 Å². The Hall–Kier alpha value is -2.44. The first-order valence-corrected chi connectivity index (χ1v) is 10.5. The van der Waals surface area contributed by atoms with Crippen molar-refractivity contribution in [2.24, 2.45) is 0 Å². The Morgan fingerprint density at radius 2 is 1.96 bits per heavy atom. The maximum Gasteiger partial charge on any atom is 0.225 e. The van der Waals surface area contributed by atoms with Crippen LogP contribution in [0.15, 0.2) is 54.6 Å². The average molecular weight is 400 g/mol. The van der Waals surface area contributed by atoms with Crippen molar-refractivity contribution in [2.45, 2.75) is 24.3 Å². The zero-order valence-electron chi connectivity index (χ0n) is 14.5. The van der Waals surface area contributed by atoms with Crippen molar-refractivity contribution in [3.05, 3.63) is 76.4 Å². The fourth-order valence-corrected chi connectivity index (χ4v) is 4.60. The third-order valence-electron chi connectivity index (χ3n) is 4.46. The van der Waals surface area contributed by atoms with Gasteiger partial charge in [0.1, 0.15) is 5.82 Å². The van der Waals surface area contributed by atoms with Crippen LogP contribution in [0.5, 0.6) is 0 Å². The molecule has 4 rings (SSSR count). The number of hydrogen-bond donors (Lipinski definition) is 1. The second-order valence-corrected chi connectivity index (χ2v) is 8.32. The van der Waals surface area contributed by atoms with Crippen LogP contribution < -0.4 is 5.32 Å². The first kappa shape index (κ1) is 17.9. The van der Waals surface area contributed by atoms with Crippen LogP contribution in [0.1, 0.15) is 23.2 Å². The highest BCUT2D eigenvalue weighted by atomic mass is 35.5.